The van der Waals surface area contributed by atoms with E-state index in [9.17, 15) is 0 Å². The number of hydrogen-bond donors (Lipinski definition) is 1. The Hall–Kier alpha value is -0.590. The number of nitrogens with one attached hydrogen (secondary N) is 1. The maximum Gasteiger partial charge on any atom is 0.0951 e. The van der Waals surface area contributed by atoms with Crippen molar-refractivity contribution in [3.05, 3.63) is 0 Å². The molecule has 3 heteroatoms. The van der Waals surface area contributed by atoms with Gasteiger partial charge in [0.05, 0.1) is 18.7 Å². The number of nitrogens with zero attached hydrogens (tertiary/aromatic N) is 1. The van der Waals surface area contributed by atoms with Crippen LogP contribution in [0.4, 0.5) is 0 Å². The van der Waals surface area contributed by atoms with Gasteiger partial charge >= 0.3 is 0 Å². The second-order valence-corrected chi connectivity index (χ2v) is 3.84. The Balaban J connectivity index is 3.17. The number of hydrogen-bond acceptors (Lipinski definition) is 3. The molecule has 0 aromatic heterocycles. The Morgan fingerprint density at radius 1 is 1.36 bits per heavy atom. The van der Waals surface area contributed by atoms with E-state index in [0.717, 1.165) is 26.0 Å². The van der Waals surface area contributed by atoms with Gasteiger partial charge < -0.3 is 4.74 Å². The average molecular weight is 198 g/mol. The van der Waals surface area contributed by atoms with Gasteiger partial charge in [0.1, 0.15) is 0 Å². The zero-order valence-corrected chi connectivity index (χ0v) is 9.55. The first-order chi connectivity index (χ1) is 6.70. The largest absolute Gasteiger partial charge is 0.380 e. The highest BCUT2D eigenvalue weighted by Crippen LogP contribution is 1.98. The first-order valence-electron chi connectivity index (χ1n) is 5.41. The van der Waals surface area contributed by atoms with Crippen LogP contribution in [0.5, 0.6) is 0 Å². The number of nitriles is 1. The van der Waals surface area contributed by atoms with E-state index in [1.807, 2.05) is 6.92 Å². The number of rotatable bonds is 8. The van der Waals surface area contributed by atoms with E-state index in [0.29, 0.717) is 12.5 Å². The van der Waals surface area contributed by atoms with Crippen molar-refractivity contribution >= 4 is 0 Å². The molecule has 0 aliphatic heterocycles. The van der Waals surface area contributed by atoms with E-state index in [-0.39, 0.29) is 6.04 Å². The molecule has 0 heterocycles. The molecule has 0 aliphatic rings. The lowest BCUT2D eigenvalue weighted by atomic mass is 10.1. The summed E-state index contributed by atoms with van der Waals surface area (Å²) in [5.74, 6) is 0.699. The normalized spacial score (nSPS) is 12.8. The summed E-state index contributed by atoms with van der Waals surface area (Å²) in [5.41, 5.74) is 0. The van der Waals surface area contributed by atoms with E-state index in [1.165, 1.54) is 0 Å². The maximum atomic E-state index is 8.65. The van der Waals surface area contributed by atoms with Crippen molar-refractivity contribution in [1.82, 2.24) is 5.32 Å². The molecule has 0 rings (SSSR count). The molecule has 1 unspecified atom stereocenters. The minimum absolute atomic E-state index is 0.0244. The summed E-state index contributed by atoms with van der Waals surface area (Å²) in [5, 5.41) is 11.8. The monoisotopic (exact) mass is 198 g/mol. The quantitative estimate of drug-likeness (QED) is 0.606. The molecule has 0 saturated heterocycles. The fraction of sp³-hybridized carbons (Fsp3) is 0.909. The van der Waals surface area contributed by atoms with Crippen molar-refractivity contribution in [2.45, 2.75) is 39.7 Å². The Bertz CT molecular complexity index is 163. The molecule has 0 radical (unpaired) electrons. The van der Waals surface area contributed by atoms with Crippen LogP contribution in [-0.4, -0.2) is 25.8 Å². The minimum atomic E-state index is -0.0244. The molecule has 0 spiro atoms. The van der Waals surface area contributed by atoms with Gasteiger partial charge in [-0.25, -0.2) is 0 Å². The maximum absolute atomic E-state index is 8.65. The molecular formula is C11H22N2O. The predicted molar refractivity (Wildman–Crippen MR) is 58.0 cm³/mol. The van der Waals surface area contributed by atoms with Crippen molar-refractivity contribution in [1.29, 1.82) is 5.26 Å². The highest BCUT2D eigenvalue weighted by molar-refractivity contribution is 4.87. The summed E-state index contributed by atoms with van der Waals surface area (Å²) >= 11 is 0. The van der Waals surface area contributed by atoms with Crippen LogP contribution in [0.2, 0.25) is 0 Å². The van der Waals surface area contributed by atoms with Gasteiger partial charge in [-0.1, -0.05) is 20.8 Å². The molecule has 0 saturated carbocycles. The molecule has 14 heavy (non-hydrogen) atoms. The molecule has 1 atom stereocenters. The van der Waals surface area contributed by atoms with Crippen molar-refractivity contribution < 1.29 is 4.74 Å². The Morgan fingerprint density at radius 2 is 2.07 bits per heavy atom. The zero-order valence-electron chi connectivity index (χ0n) is 9.55. The van der Waals surface area contributed by atoms with Crippen LogP contribution < -0.4 is 5.32 Å². The Kier molecular flexibility index (Phi) is 8.61. The second kappa shape index (κ2) is 8.98. The van der Waals surface area contributed by atoms with Gasteiger partial charge in [0, 0.05) is 13.2 Å². The fourth-order valence-corrected chi connectivity index (χ4v) is 1.01. The van der Waals surface area contributed by atoms with E-state index in [1.54, 1.807) is 0 Å². The predicted octanol–water partition coefficient (Wildman–Crippen LogP) is 1.94. The lowest BCUT2D eigenvalue weighted by Gasteiger charge is -2.09. The molecule has 0 bridgehead atoms. The third-order valence-electron chi connectivity index (χ3n) is 2.04. The summed E-state index contributed by atoms with van der Waals surface area (Å²) in [6, 6.07) is 2.17. The summed E-state index contributed by atoms with van der Waals surface area (Å²) in [4.78, 5) is 0. The second-order valence-electron chi connectivity index (χ2n) is 3.84. The van der Waals surface area contributed by atoms with Gasteiger partial charge in [-0.3, -0.25) is 5.32 Å². The Morgan fingerprint density at radius 3 is 2.57 bits per heavy atom. The van der Waals surface area contributed by atoms with Crippen LogP contribution in [0, 0.1) is 17.2 Å². The van der Waals surface area contributed by atoms with Crippen molar-refractivity contribution in [2.75, 3.05) is 19.8 Å². The highest BCUT2D eigenvalue weighted by atomic mass is 16.5. The van der Waals surface area contributed by atoms with Crippen LogP contribution in [0.15, 0.2) is 0 Å². The van der Waals surface area contributed by atoms with Gasteiger partial charge in [-0.05, 0) is 18.8 Å². The summed E-state index contributed by atoms with van der Waals surface area (Å²) in [7, 11) is 0. The van der Waals surface area contributed by atoms with Crippen molar-refractivity contribution in [3.8, 4) is 6.07 Å². The van der Waals surface area contributed by atoms with Gasteiger partial charge in [-0.15, -0.1) is 0 Å². The third-order valence-corrected chi connectivity index (χ3v) is 2.04. The van der Waals surface area contributed by atoms with Gasteiger partial charge in [0.2, 0.25) is 0 Å². The van der Waals surface area contributed by atoms with Crippen molar-refractivity contribution in [2.24, 2.45) is 5.92 Å². The standard InChI is InChI=1S/C11H22N2O/c1-4-11(9-12)13-6-8-14-7-5-10(2)3/h10-11,13H,4-8H2,1-3H3. The molecular weight excluding hydrogens is 176 g/mol. The summed E-state index contributed by atoms with van der Waals surface area (Å²) in [6.45, 7) is 8.66. The van der Waals surface area contributed by atoms with Crippen LogP contribution >= 0.6 is 0 Å². The van der Waals surface area contributed by atoms with E-state index in [4.69, 9.17) is 10.00 Å². The first kappa shape index (κ1) is 13.4. The van der Waals surface area contributed by atoms with Crippen LogP contribution in [0.1, 0.15) is 33.6 Å². The van der Waals surface area contributed by atoms with E-state index in [2.05, 4.69) is 25.2 Å². The van der Waals surface area contributed by atoms with E-state index >= 15 is 0 Å². The zero-order chi connectivity index (χ0) is 10.8. The molecule has 0 amide bonds. The fourth-order valence-electron chi connectivity index (χ4n) is 1.01. The molecule has 0 aromatic carbocycles. The SMILES string of the molecule is CCC(C#N)NCCOCCC(C)C. The molecule has 0 aromatic rings. The smallest absolute Gasteiger partial charge is 0.0951 e. The molecule has 0 aliphatic carbocycles. The average Bonchev–Trinajstić information content (AvgIpc) is 2.16. The van der Waals surface area contributed by atoms with Crippen LogP contribution in [-0.2, 0) is 4.74 Å². The summed E-state index contributed by atoms with van der Waals surface area (Å²) < 4.78 is 5.41. The summed E-state index contributed by atoms with van der Waals surface area (Å²) in [6.07, 6.45) is 1.96. The Labute approximate surface area is 87.4 Å². The van der Waals surface area contributed by atoms with Crippen LogP contribution in [0.25, 0.3) is 0 Å². The lowest BCUT2D eigenvalue weighted by molar-refractivity contribution is 0.124. The minimum Gasteiger partial charge on any atom is -0.380 e. The van der Waals surface area contributed by atoms with Gasteiger partial charge in [-0.2, -0.15) is 5.26 Å². The first-order valence-corrected chi connectivity index (χ1v) is 5.41. The molecule has 1 N–H and O–H groups in total. The topological polar surface area (TPSA) is 45.0 Å². The molecule has 3 nitrogen and oxygen atoms in total. The van der Waals surface area contributed by atoms with Crippen molar-refractivity contribution in [3.63, 3.8) is 0 Å². The van der Waals surface area contributed by atoms with E-state index < -0.39 is 0 Å². The molecule has 82 valence electrons. The van der Waals surface area contributed by atoms with Gasteiger partial charge in [0.25, 0.3) is 0 Å². The molecule has 0 fully saturated rings. The van der Waals surface area contributed by atoms with Gasteiger partial charge in [0.15, 0.2) is 0 Å². The van der Waals surface area contributed by atoms with Crippen LogP contribution in [0.3, 0.4) is 0 Å². The number of ether oxygens (including phenoxy) is 1. The highest BCUT2D eigenvalue weighted by Gasteiger charge is 2.01. The lowest BCUT2D eigenvalue weighted by Crippen LogP contribution is -2.30. The third kappa shape index (κ3) is 8.03.